The quantitative estimate of drug-likeness (QED) is 0.743. The van der Waals surface area contributed by atoms with Gasteiger partial charge in [0.1, 0.15) is 0 Å². The third-order valence-corrected chi connectivity index (χ3v) is 2.41. The minimum atomic E-state index is 0.777. The van der Waals surface area contributed by atoms with Crippen molar-refractivity contribution >= 4 is 5.52 Å². The molecule has 3 heteroatoms. The van der Waals surface area contributed by atoms with Crippen molar-refractivity contribution in [2.24, 2.45) is 5.73 Å². The van der Waals surface area contributed by atoms with Crippen molar-refractivity contribution in [1.29, 1.82) is 0 Å². The molecule has 3 nitrogen and oxygen atoms in total. The van der Waals surface area contributed by atoms with Gasteiger partial charge in [0.2, 0.25) is 0 Å². The second-order valence-corrected chi connectivity index (χ2v) is 3.45. The number of unbranched alkanes of at least 4 members (excludes halogenated alkanes) is 1. The van der Waals surface area contributed by atoms with Crippen molar-refractivity contribution < 1.29 is 0 Å². The molecule has 2 rings (SSSR count). The molecular weight excluding hydrogens is 174 g/mol. The van der Waals surface area contributed by atoms with Gasteiger partial charge >= 0.3 is 0 Å². The van der Waals surface area contributed by atoms with Crippen LogP contribution in [-0.4, -0.2) is 16.2 Å². The molecule has 0 aliphatic rings. The van der Waals surface area contributed by atoms with Gasteiger partial charge in [-0.1, -0.05) is 6.07 Å². The Bertz CT molecular complexity index is 406. The zero-order valence-electron chi connectivity index (χ0n) is 8.19. The van der Waals surface area contributed by atoms with Gasteiger partial charge in [-0.2, -0.15) is 5.10 Å². The maximum atomic E-state index is 5.46. The van der Waals surface area contributed by atoms with Gasteiger partial charge in [0.25, 0.3) is 0 Å². The fourth-order valence-electron chi connectivity index (χ4n) is 1.64. The highest BCUT2D eigenvalue weighted by atomic mass is 15.2. The lowest BCUT2D eigenvalue weighted by Gasteiger charge is -1.97. The molecule has 0 unspecified atom stereocenters. The highest BCUT2D eigenvalue weighted by Gasteiger charge is 2.01. The molecule has 0 saturated heterocycles. The number of aryl methyl sites for hydroxylation is 1. The van der Waals surface area contributed by atoms with E-state index in [9.17, 15) is 0 Å². The first-order valence-corrected chi connectivity index (χ1v) is 5.03. The van der Waals surface area contributed by atoms with Crippen molar-refractivity contribution in [1.82, 2.24) is 9.61 Å². The first kappa shape index (κ1) is 9.21. The van der Waals surface area contributed by atoms with E-state index in [-0.39, 0.29) is 0 Å². The van der Waals surface area contributed by atoms with E-state index < -0.39 is 0 Å². The van der Waals surface area contributed by atoms with Crippen LogP contribution < -0.4 is 5.73 Å². The molecule has 0 radical (unpaired) electrons. The number of nitrogens with two attached hydrogens (primary N) is 1. The number of fused-ring (bicyclic) bond motifs is 1. The summed E-state index contributed by atoms with van der Waals surface area (Å²) >= 11 is 0. The Morgan fingerprint density at radius 3 is 3.07 bits per heavy atom. The Morgan fingerprint density at radius 1 is 1.29 bits per heavy atom. The molecule has 0 aromatic carbocycles. The summed E-state index contributed by atoms with van der Waals surface area (Å²) in [6, 6.07) is 6.14. The second-order valence-electron chi connectivity index (χ2n) is 3.45. The summed E-state index contributed by atoms with van der Waals surface area (Å²) in [4.78, 5) is 0. The standard InChI is InChI=1S/C11H15N3/c12-7-3-1-5-10-9-13-14-8-4-2-6-11(10)14/h2,4,6,8-9H,1,3,5,7,12H2. The lowest BCUT2D eigenvalue weighted by atomic mass is 10.1. The smallest absolute Gasteiger partial charge is 0.0693 e. The van der Waals surface area contributed by atoms with Crippen LogP contribution in [0.4, 0.5) is 0 Å². The van der Waals surface area contributed by atoms with E-state index in [0.717, 1.165) is 25.8 Å². The highest BCUT2D eigenvalue weighted by molar-refractivity contribution is 5.53. The number of aromatic nitrogens is 2. The molecule has 0 spiro atoms. The number of hydrogen-bond acceptors (Lipinski definition) is 2. The monoisotopic (exact) mass is 189 g/mol. The van der Waals surface area contributed by atoms with Crippen molar-refractivity contribution in [3.63, 3.8) is 0 Å². The van der Waals surface area contributed by atoms with Crippen molar-refractivity contribution in [3.05, 3.63) is 36.2 Å². The molecule has 0 saturated carbocycles. The van der Waals surface area contributed by atoms with Gasteiger partial charge in [0, 0.05) is 6.20 Å². The third kappa shape index (κ3) is 1.77. The molecule has 0 bridgehead atoms. The average Bonchev–Trinajstić information content (AvgIpc) is 2.63. The molecule has 0 aliphatic carbocycles. The Labute approximate surface area is 83.5 Å². The minimum absolute atomic E-state index is 0.777. The molecule has 2 aromatic heterocycles. The zero-order valence-corrected chi connectivity index (χ0v) is 8.19. The fourth-order valence-corrected chi connectivity index (χ4v) is 1.64. The predicted octanol–water partition coefficient (Wildman–Crippen LogP) is 1.62. The number of hydrogen-bond donors (Lipinski definition) is 1. The van der Waals surface area contributed by atoms with Gasteiger partial charge in [-0.15, -0.1) is 0 Å². The van der Waals surface area contributed by atoms with E-state index >= 15 is 0 Å². The summed E-state index contributed by atoms with van der Waals surface area (Å²) in [5.41, 5.74) is 7.99. The fraction of sp³-hybridized carbons (Fsp3) is 0.364. The first-order chi connectivity index (χ1) is 6.92. The van der Waals surface area contributed by atoms with E-state index in [1.165, 1.54) is 11.1 Å². The normalized spacial score (nSPS) is 10.9. The maximum Gasteiger partial charge on any atom is 0.0693 e. The van der Waals surface area contributed by atoms with Gasteiger partial charge in [-0.25, -0.2) is 4.52 Å². The van der Waals surface area contributed by atoms with E-state index in [0.29, 0.717) is 0 Å². The van der Waals surface area contributed by atoms with E-state index in [1.54, 1.807) is 0 Å². The molecule has 0 fully saturated rings. The Hall–Kier alpha value is -1.35. The SMILES string of the molecule is NCCCCc1cnn2ccccc12. The molecule has 0 amide bonds. The second kappa shape index (κ2) is 4.24. The lowest BCUT2D eigenvalue weighted by molar-refractivity contribution is 0.747. The van der Waals surface area contributed by atoms with Crippen LogP contribution >= 0.6 is 0 Å². The first-order valence-electron chi connectivity index (χ1n) is 5.03. The minimum Gasteiger partial charge on any atom is -0.330 e. The number of rotatable bonds is 4. The average molecular weight is 189 g/mol. The summed E-state index contributed by atoms with van der Waals surface area (Å²) in [7, 11) is 0. The van der Waals surface area contributed by atoms with Crippen LogP contribution in [-0.2, 0) is 6.42 Å². The summed E-state index contributed by atoms with van der Waals surface area (Å²) in [5, 5.41) is 4.28. The number of nitrogens with zero attached hydrogens (tertiary/aromatic N) is 2. The summed E-state index contributed by atoms with van der Waals surface area (Å²) < 4.78 is 1.91. The highest BCUT2D eigenvalue weighted by Crippen LogP contribution is 2.12. The van der Waals surface area contributed by atoms with Crippen LogP contribution in [0, 0.1) is 0 Å². The molecule has 74 valence electrons. The van der Waals surface area contributed by atoms with Crippen LogP contribution in [0.1, 0.15) is 18.4 Å². The molecular formula is C11H15N3. The molecule has 0 atom stereocenters. The topological polar surface area (TPSA) is 43.3 Å². The van der Waals surface area contributed by atoms with Gasteiger partial charge in [-0.05, 0) is 43.5 Å². The van der Waals surface area contributed by atoms with E-state index in [1.807, 2.05) is 29.0 Å². The molecule has 14 heavy (non-hydrogen) atoms. The molecule has 2 heterocycles. The maximum absolute atomic E-state index is 5.46. The van der Waals surface area contributed by atoms with Crippen molar-refractivity contribution in [2.75, 3.05) is 6.54 Å². The van der Waals surface area contributed by atoms with E-state index in [4.69, 9.17) is 5.73 Å². The van der Waals surface area contributed by atoms with Gasteiger partial charge in [0.05, 0.1) is 11.7 Å². The van der Waals surface area contributed by atoms with Gasteiger partial charge in [-0.3, -0.25) is 0 Å². The lowest BCUT2D eigenvalue weighted by Crippen LogP contribution is -1.98. The largest absolute Gasteiger partial charge is 0.330 e. The van der Waals surface area contributed by atoms with Crippen LogP contribution in [0.15, 0.2) is 30.6 Å². The van der Waals surface area contributed by atoms with Gasteiger partial charge in [0.15, 0.2) is 0 Å². The van der Waals surface area contributed by atoms with Crippen molar-refractivity contribution in [3.8, 4) is 0 Å². The number of pyridine rings is 1. The molecule has 2 N–H and O–H groups in total. The van der Waals surface area contributed by atoms with Crippen LogP contribution in [0.3, 0.4) is 0 Å². The summed E-state index contributed by atoms with van der Waals surface area (Å²) in [5.74, 6) is 0. The summed E-state index contributed by atoms with van der Waals surface area (Å²) in [6.07, 6.45) is 7.23. The van der Waals surface area contributed by atoms with Crippen LogP contribution in [0.2, 0.25) is 0 Å². The van der Waals surface area contributed by atoms with Gasteiger partial charge < -0.3 is 5.73 Å². The van der Waals surface area contributed by atoms with Crippen molar-refractivity contribution in [2.45, 2.75) is 19.3 Å². The Morgan fingerprint density at radius 2 is 2.21 bits per heavy atom. The summed E-state index contributed by atoms with van der Waals surface area (Å²) in [6.45, 7) is 0.777. The Kier molecular flexibility index (Phi) is 2.79. The molecule has 2 aromatic rings. The van der Waals surface area contributed by atoms with Crippen LogP contribution in [0.5, 0.6) is 0 Å². The third-order valence-electron chi connectivity index (χ3n) is 2.41. The predicted molar refractivity (Wildman–Crippen MR) is 57.2 cm³/mol. The zero-order chi connectivity index (χ0) is 9.80. The molecule has 0 aliphatic heterocycles. The van der Waals surface area contributed by atoms with E-state index in [2.05, 4.69) is 11.2 Å². The Balaban J connectivity index is 2.17. The van der Waals surface area contributed by atoms with Crippen LogP contribution in [0.25, 0.3) is 5.52 Å².